The van der Waals surface area contributed by atoms with E-state index >= 15 is 0 Å². The monoisotopic (exact) mass is 532 g/mol. The molecule has 1 aliphatic heterocycles. The number of carbonyl (C=O) groups is 2. The number of aromatic nitrogens is 1. The Labute approximate surface area is 223 Å². The number of fused-ring (bicyclic) bond motifs is 1. The number of thiazole rings is 1. The number of benzene rings is 3. The molecule has 1 unspecified atom stereocenters. The maximum Gasteiger partial charge on any atom is 0.301 e. The van der Waals surface area contributed by atoms with Crippen molar-refractivity contribution >= 4 is 55.7 Å². The molecule has 0 spiro atoms. The molecule has 6 nitrogen and oxygen atoms in total. The molecule has 1 amide bonds. The molecule has 0 aliphatic carbocycles. The van der Waals surface area contributed by atoms with E-state index in [0.717, 1.165) is 27.8 Å². The van der Waals surface area contributed by atoms with Crippen LogP contribution in [0.25, 0.3) is 16.0 Å². The Bertz CT molecular complexity index is 1560. The van der Waals surface area contributed by atoms with Gasteiger partial charge in [0.25, 0.3) is 5.78 Å². The fraction of sp³-hybridized carbons (Fsp3) is 0.207. The molecule has 1 atom stereocenters. The molecule has 1 aliphatic rings. The summed E-state index contributed by atoms with van der Waals surface area (Å²) in [7, 11) is 0. The molecule has 1 saturated heterocycles. The van der Waals surface area contributed by atoms with Crippen molar-refractivity contribution in [2.75, 3.05) is 11.5 Å². The molecule has 1 aromatic heterocycles. The molecule has 3 aromatic carbocycles. The Balaban J connectivity index is 1.67. The van der Waals surface area contributed by atoms with E-state index in [1.807, 2.05) is 32.9 Å². The van der Waals surface area contributed by atoms with Crippen molar-refractivity contribution in [1.82, 2.24) is 4.98 Å². The summed E-state index contributed by atoms with van der Waals surface area (Å²) >= 11 is 7.64. The van der Waals surface area contributed by atoms with Crippen LogP contribution in [0.15, 0.2) is 66.2 Å². The van der Waals surface area contributed by atoms with Crippen molar-refractivity contribution in [1.29, 1.82) is 0 Å². The van der Waals surface area contributed by atoms with Crippen LogP contribution in [0.4, 0.5) is 5.13 Å². The predicted molar refractivity (Wildman–Crippen MR) is 148 cm³/mol. The van der Waals surface area contributed by atoms with Crippen molar-refractivity contribution in [3.05, 3.63) is 93.5 Å². The van der Waals surface area contributed by atoms with Gasteiger partial charge in [-0.3, -0.25) is 14.5 Å². The number of hydrogen-bond acceptors (Lipinski definition) is 6. The van der Waals surface area contributed by atoms with Crippen LogP contribution < -0.4 is 9.64 Å². The first-order chi connectivity index (χ1) is 17.8. The summed E-state index contributed by atoms with van der Waals surface area (Å²) in [4.78, 5) is 33.0. The second kappa shape index (κ2) is 10.00. The van der Waals surface area contributed by atoms with E-state index in [1.165, 1.54) is 16.2 Å². The Kier molecular flexibility index (Phi) is 6.75. The topological polar surface area (TPSA) is 79.7 Å². The van der Waals surface area contributed by atoms with Gasteiger partial charge in [0.1, 0.15) is 11.5 Å². The smallest absolute Gasteiger partial charge is 0.301 e. The van der Waals surface area contributed by atoms with E-state index in [-0.39, 0.29) is 11.3 Å². The van der Waals surface area contributed by atoms with E-state index in [9.17, 15) is 14.7 Å². The van der Waals surface area contributed by atoms with Gasteiger partial charge in [-0.1, -0.05) is 48.1 Å². The Morgan fingerprint density at radius 2 is 1.86 bits per heavy atom. The fourth-order valence-electron chi connectivity index (χ4n) is 4.57. The lowest BCUT2D eigenvalue weighted by Gasteiger charge is -2.23. The lowest BCUT2D eigenvalue weighted by Crippen LogP contribution is -2.29. The first kappa shape index (κ1) is 25.0. The summed E-state index contributed by atoms with van der Waals surface area (Å²) in [5.74, 6) is -1.13. The molecule has 1 N–H and O–H groups in total. The van der Waals surface area contributed by atoms with Gasteiger partial charge in [0.05, 0.1) is 28.4 Å². The highest BCUT2D eigenvalue weighted by molar-refractivity contribution is 7.22. The normalized spacial score (nSPS) is 17.1. The van der Waals surface area contributed by atoms with Crippen LogP contribution in [0, 0.1) is 13.8 Å². The van der Waals surface area contributed by atoms with E-state index in [1.54, 1.807) is 48.5 Å². The Morgan fingerprint density at radius 1 is 1.11 bits per heavy atom. The minimum absolute atomic E-state index is 0.0124. The van der Waals surface area contributed by atoms with Gasteiger partial charge in [-0.15, -0.1) is 0 Å². The van der Waals surface area contributed by atoms with Crippen LogP contribution in [0.2, 0.25) is 5.02 Å². The summed E-state index contributed by atoms with van der Waals surface area (Å²) in [6, 6.07) is 16.9. The largest absolute Gasteiger partial charge is 0.507 e. The number of hydrogen-bond donors (Lipinski definition) is 1. The van der Waals surface area contributed by atoms with Crippen LogP contribution in [-0.4, -0.2) is 28.4 Å². The molecule has 8 heteroatoms. The minimum Gasteiger partial charge on any atom is -0.507 e. The number of amides is 1. The molecule has 0 saturated carbocycles. The number of aliphatic hydroxyl groups excluding tert-OH is 1. The number of aliphatic hydroxyl groups is 1. The molecule has 1 fully saturated rings. The second-order valence-electron chi connectivity index (χ2n) is 9.02. The van der Waals surface area contributed by atoms with Gasteiger partial charge >= 0.3 is 5.91 Å². The number of aryl methyl sites for hydroxylation is 2. The Morgan fingerprint density at radius 3 is 2.57 bits per heavy atom. The molecule has 37 heavy (non-hydrogen) atoms. The zero-order valence-corrected chi connectivity index (χ0v) is 22.2. The average molecular weight is 533 g/mol. The highest BCUT2D eigenvalue weighted by Gasteiger charge is 2.48. The molecule has 5 rings (SSSR count). The number of anilines is 1. The maximum atomic E-state index is 13.5. The number of halogens is 1. The van der Waals surface area contributed by atoms with Gasteiger partial charge in [-0.25, -0.2) is 4.98 Å². The number of ether oxygens (including phenoxy) is 1. The third-order valence-electron chi connectivity index (χ3n) is 6.23. The predicted octanol–water partition coefficient (Wildman–Crippen LogP) is 6.98. The van der Waals surface area contributed by atoms with Gasteiger partial charge in [0.15, 0.2) is 5.13 Å². The SMILES string of the molecule is CCCOc1ccc(C(O)=C2C(=O)C(=O)N(c3nc4c(C)cc(C)cc4s3)C2c2cccc(Cl)c2)cc1. The van der Waals surface area contributed by atoms with Gasteiger partial charge in [-0.05, 0) is 79.4 Å². The molecule has 0 bridgehead atoms. The van der Waals surface area contributed by atoms with Gasteiger partial charge in [-0.2, -0.15) is 0 Å². The van der Waals surface area contributed by atoms with E-state index in [4.69, 9.17) is 21.3 Å². The lowest BCUT2D eigenvalue weighted by molar-refractivity contribution is -0.132. The standard InChI is InChI=1S/C29H25ClN2O4S/c1-4-12-36-21-10-8-18(9-11-21)26(33)23-25(19-6-5-7-20(30)15-19)32(28(35)27(23)34)29-31-24-17(3)13-16(2)14-22(24)37-29/h5-11,13-15,25,33H,4,12H2,1-3H3. The van der Waals surface area contributed by atoms with Crippen molar-refractivity contribution in [2.45, 2.75) is 33.2 Å². The van der Waals surface area contributed by atoms with Gasteiger partial charge in [0, 0.05) is 10.6 Å². The third kappa shape index (κ3) is 4.61. The van der Waals surface area contributed by atoms with E-state index < -0.39 is 17.7 Å². The van der Waals surface area contributed by atoms with Crippen molar-refractivity contribution in [3.8, 4) is 5.75 Å². The number of rotatable bonds is 6. The highest BCUT2D eigenvalue weighted by atomic mass is 35.5. The highest BCUT2D eigenvalue weighted by Crippen LogP contribution is 2.45. The van der Waals surface area contributed by atoms with Gasteiger partial charge in [0.2, 0.25) is 0 Å². The van der Waals surface area contributed by atoms with Crippen LogP contribution in [0.5, 0.6) is 5.75 Å². The third-order valence-corrected chi connectivity index (χ3v) is 7.47. The van der Waals surface area contributed by atoms with E-state index in [2.05, 4.69) is 0 Å². The summed E-state index contributed by atoms with van der Waals surface area (Å²) in [6.45, 7) is 6.56. The number of ketones is 1. The fourth-order valence-corrected chi connectivity index (χ4v) is 5.94. The minimum atomic E-state index is -0.892. The van der Waals surface area contributed by atoms with Crippen molar-refractivity contribution < 1.29 is 19.4 Å². The zero-order chi connectivity index (χ0) is 26.3. The quantitative estimate of drug-likeness (QED) is 0.164. The zero-order valence-electron chi connectivity index (χ0n) is 20.6. The van der Waals surface area contributed by atoms with Crippen LogP contribution >= 0.6 is 22.9 Å². The number of nitrogens with zero attached hydrogens (tertiary/aromatic N) is 2. The van der Waals surface area contributed by atoms with E-state index in [0.29, 0.717) is 33.6 Å². The van der Waals surface area contributed by atoms with Crippen LogP contribution in [0.3, 0.4) is 0 Å². The summed E-state index contributed by atoms with van der Waals surface area (Å²) in [5.41, 5.74) is 3.84. The summed E-state index contributed by atoms with van der Waals surface area (Å²) in [6.07, 6.45) is 0.871. The number of carbonyl (C=O) groups excluding carboxylic acids is 2. The van der Waals surface area contributed by atoms with Crippen LogP contribution in [-0.2, 0) is 9.59 Å². The van der Waals surface area contributed by atoms with Crippen molar-refractivity contribution in [2.24, 2.45) is 0 Å². The molecule has 4 aromatic rings. The summed E-state index contributed by atoms with van der Waals surface area (Å²) in [5, 5.41) is 12.2. The lowest BCUT2D eigenvalue weighted by atomic mass is 9.95. The molecular formula is C29H25ClN2O4S. The molecule has 2 heterocycles. The molecular weight excluding hydrogens is 508 g/mol. The second-order valence-corrected chi connectivity index (χ2v) is 10.5. The van der Waals surface area contributed by atoms with Crippen LogP contribution in [0.1, 0.15) is 41.6 Å². The molecule has 188 valence electrons. The van der Waals surface area contributed by atoms with Gasteiger partial charge < -0.3 is 9.84 Å². The molecule has 0 radical (unpaired) electrons. The maximum absolute atomic E-state index is 13.5. The average Bonchev–Trinajstić information content (AvgIpc) is 3.41. The Hall–Kier alpha value is -3.68. The first-order valence-corrected chi connectivity index (χ1v) is 13.2. The first-order valence-electron chi connectivity index (χ1n) is 12.0. The van der Waals surface area contributed by atoms with Crippen molar-refractivity contribution in [3.63, 3.8) is 0 Å². The number of Topliss-reactive ketones (excluding diaryl/α,β-unsaturated/α-hetero) is 1. The summed E-state index contributed by atoms with van der Waals surface area (Å²) < 4.78 is 6.55.